The molecule has 1 aromatic carbocycles. The predicted octanol–water partition coefficient (Wildman–Crippen LogP) is 1.20. The Morgan fingerprint density at radius 3 is 2.29 bits per heavy atom. The van der Waals surface area contributed by atoms with Gasteiger partial charge in [0, 0.05) is 13.6 Å². The van der Waals surface area contributed by atoms with Gasteiger partial charge in [-0.3, -0.25) is 4.79 Å². The van der Waals surface area contributed by atoms with Gasteiger partial charge in [-0.1, -0.05) is 0 Å². The predicted molar refractivity (Wildman–Crippen MR) is 83.0 cm³/mol. The summed E-state index contributed by atoms with van der Waals surface area (Å²) in [7, 11) is 3.79. The minimum absolute atomic E-state index is 0.0224. The van der Waals surface area contributed by atoms with E-state index in [0.29, 0.717) is 0 Å². The minimum Gasteiger partial charge on any atom is -0.481 e. The molecule has 0 aliphatic carbocycles. The molecule has 9 heteroatoms. The highest BCUT2D eigenvalue weighted by Crippen LogP contribution is 2.20. The number of ether oxygens (including phenoxy) is 2. The number of hydrogen-bond acceptors (Lipinski definition) is 6. The molecule has 0 spiro atoms. The molecular formula is C15H18N2O7. The Balaban J connectivity index is 3.05. The van der Waals surface area contributed by atoms with Crippen molar-refractivity contribution in [1.29, 1.82) is 0 Å². The normalized spacial score (nSPS) is 9.79. The maximum absolute atomic E-state index is 12.1. The topological polar surface area (TPSA) is 122 Å². The van der Waals surface area contributed by atoms with Gasteiger partial charge >= 0.3 is 23.9 Å². The number of methoxy groups -OCH3 is 2. The maximum atomic E-state index is 12.1. The van der Waals surface area contributed by atoms with E-state index in [-0.39, 0.29) is 29.8 Å². The summed E-state index contributed by atoms with van der Waals surface area (Å²) in [5.74, 6) is -2.38. The number of nitrogens with one attached hydrogen (secondary N) is 1. The number of nitrogens with zero attached hydrogens (tertiary/aromatic N) is 1. The van der Waals surface area contributed by atoms with Crippen molar-refractivity contribution < 1.29 is 33.8 Å². The summed E-state index contributed by atoms with van der Waals surface area (Å²) in [5.41, 5.74) is 0.232. The summed E-state index contributed by atoms with van der Waals surface area (Å²) < 4.78 is 9.22. The number of urea groups is 1. The lowest BCUT2D eigenvalue weighted by molar-refractivity contribution is -0.137. The average molecular weight is 338 g/mol. The number of esters is 2. The van der Waals surface area contributed by atoms with Crippen molar-refractivity contribution in [3.63, 3.8) is 0 Å². The van der Waals surface area contributed by atoms with Crippen LogP contribution in [-0.2, 0) is 14.3 Å². The van der Waals surface area contributed by atoms with Crippen LogP contribution in [0.3, 0.4) is 0 Å². The van der Waals surface area contributed by atoms with Gasteiger partial charge in [-0.2, -0.15) is 0 Å². The van der Waals surface area contributed by atoms with Gasteiger partial charge in [0.25, 0.3) is 0 Å². The first-order valence-electron chi connectivity index (χ1n) is 6.84. The molecular weight excluding hydrogens is 320 g/mol. The Bertz CT molecular complexity index is 657. The average Bonchev–Trinajstić information content (AvgIpc) is 2.57. The minimum atomic E-state index is -1.04. The molecule has 0 unspecified atom stereocenters. The highest BCUT2D eigenvalue weighted by molar-refractivity contribution is 6.03. The number of hydrogen-bond donors (Lipinski definition) is 2. The molecule has 0 atom stereocenters. The number of rotatable bonds is 6. The van der Waals surface area contributed by atoms with Gasteiger partial charge < -0.3 is 24.8 Å². The summed E-state index contributed by atoms with van der Waals surface area (Å²) in [5, 5.41) is 11.1. The molecule has 2 N–H and O–H groups in total. The van der Waals surface area contributed by atoms with Crippen molar-refractivity contribution in [3.8, 4) is 0 Å². The SMILES string of the molecule is COC(=O)c1ccc(C(=O)OC)c(NC(=O)N(C)CCC(=O)O)c1. The van der Waals surface area contributed by atoms with Gasteiger partial charge in [-0.15, -0.1) is 0 Å². The summed E-state index contributed by atoms with van der Waals surface area (Å²) in [6.07, 6.45) is -0.226. The Hall–Kier alpha value is -3.10. The van der Waals surface area contributed by atoms with Crippen LogP contribution < -0.4 is 5.32 Å². The smallest absolute Gasteiger partial charge is 0.339 e. The Kier molecular flexibility index (Phi) is 6.72. The van der Waals surface area contributed by atoms with Gasteiger partial charge in [0.05, 0.1) is 37.5 Å². The fourth-order valence-corrected chi connectivity index (χ4v) is 1.76. The largest absolute Gasteiger partial charge is 0.481 e. The zero-order chi connectivity index (χ0) is 18.3. The third-order valence-electron chi connectivity index (χ3n) is 3.10. The lowest BCUT2D eigenvalue weighted by Crippen LogP contribution is -2.33. The molecule has 2 amide bonds. The molecule has 0 saturated heterocycles. The number of carboxylic acids is 1. The fourth-order valence-electron chi connectivity index (χ4n) is 1.76. The van der Waals surface area contributed by atoms with Crippen LogP contribution in [0, 0.1) is 0 Å². The number of aliphatic carboxylic acids is 1. The van der Waals surface area contributed by atoms with Crippen molar-refractivity contribution in [2.24, 2.45) is 0 Å². The van der Waals surface area contributed by atoms with Crippen LogP contribution in [0.25, 0.3) is 0 Å². The molecule has 0 radical (unpaired) electrons. The molecule has 130 valence electrons. The van der Waals surface area contributed by atoms with Crippen LogP contribution in [-0.4, -0.2) is 61.8 Å². The van der Waals surface area contributed by atoms with Crippen molar-refractivity contribution in [1.82, 2.24) is 4.90 Å². The van der Waals surface area contributed by atoms with Crippen LogP contribution in [0.2, 0.25) is 0 Å². The van der Waals surface area contributed by atoms with Gasteiger partial charge in [-0.25, -0.2) is 14.4 Å². The molecule has 0 bridgehead atoms. The Morgan fingerprint density at radius 1 is 1.12 bits per heavy atom. The quantitative estimate of drug-likeness (QED) is 0.747. The highest BCUT2D eigenvalue weighted by atomic mass is 16.5. The van der Waals surface area contributed by atoms with E-state index in [4.69, 9.17) is 5.11 Å². The van der Waals surface area contributed by atoms with Crippen LogP contribution >= 0.6 is 0 Å². The van der Waals surface area contributed by atoms with E-state index < -0.39 is 23.9 Å². The molecule has 0 saturated carbocycles. The molecule has 0 aliphatic rings. The van der Waals surface area contributed by atoms with Crippen molar-refractivity contribution in [2.45, 2.75) is 6.42 Å². The first-order chi connectivity index (χ1) is 11.3. The number of carbonyl (C=O) groups is 4. The third-order valence-corrected chi connectivity index (χ3v) is 3.10. The second-order valence-electron chi connectivity index (χ2n) is 4.74. The summed E-state index contributed by atoms with van der Waals surface area (Å²) in [6.45, 7) is -0.0224. The molecule has 24 heavy (non-hydrogen) atoms. The molecule has 0 fully saturated rings. The lowest BCUT2D eigenvalue weighted by Gasteiger charge is -2.18. The monoisotopic (exact) mass is 338 g/mol. The Labute approximate surface area is 138 Å². The summed E-state index contributed by atoms with van der Waals surface area (Å²) in [6, 6.07) is 3.33. The van der Waals surface area contributed by atoms with Crippen LogP contribution in [0.5, 0.6) is 0 Å². The first-order valence-corrected chi connectivity index (χ1v) is 6.84. The van der Waals surface area contributed by atoms with Gasteiger partial charge in [-0.05, 0) is 18.2 Å². The zero-order valence-electron chi connectivity index (χ0n) is 13.5. The van der Waals surface area contributed by atoms with Crippen molar-refractivity contribution in [3.05, 3.63) is 29.3 Å². The first kappa shape index (κ1) is 18.9. The van der Waals surface area contributed by atoms with Crippen LogP contribution in [0.1, 0.15) is 27.1 Å². The summed E-state index contributed by atoms with van der Waals surface area (Å²) in [4.78, 5) is 47.1. The standard InChI is InChI=1S/C15H18N2O7/c1-17(7-6-12(18)19)15(22)16-11-8-9(13(20)23-2)4-5-10(11)14(21)24-3/h4-5,8H,6-7H2,1-3H3,(H,16,22)(H,18,19). The van der Waals surface area contributed by atoms with E-state index in [1.807, 2.05) is 0 Å². The number of carbonyl (C=O) groups excluding carboxylic acids is 3. The van der Waals surface area contributed by atoms with Crippen molar-refractivity contribution in [2.75, 3.05) is 33.1 Å². The van der Waals surface area contributed by atoms with E-state index in [1.165, 1.54) is 39.5 Å². The highest BCUT2D eigenvalue weighted by Gasteiger charge is 2.19. The third kappa shape index (κ3) is 4.97. The van der Waals surface area contributed by atoms with E-state index in [1.54, 1.807) is 0 Å². The summed E-state index contributed by atoms with van der Waals surface area (Å²) >= 11 is 0. The van der Waals surface area contributed by atoms with E-state index >= 15 is 0 Å². The van der Waals surface area contributed by atoms with E-state index in [2.05, 4.69) is 14.8 Å². The van der Waals surface area contributed by atoms with Gasteiger partial charge in [0.15, 0.2) is 0 Å². The van der Waals surface area contributed by atoms with Crippen LogP contribution in [0.4, 0.5) is 10.5 Å². The van der Waals surface area contributed by atoms with E-state index in [0.717, 1.165) is 4.90 Å². The molecule has 9 nitrogen and oxygen atoms in total. The lowest BCUT2D eigenvalue weighted by atomic mass is 10.1. The van der Waals surface area contributed by atoms with E-state index in [9.17, 15) is 19.2 Å². The molecule has 0 aromatic heterocycles. The number of benzene rings is 1. The molecule has 1 aromatic rings. The van der Waals surface area contributed by atoms with Gasteiger partial charge in [0.1, 0.15) is 0 Å². The number of carboxylic acid groups (broad SMARTS) is 1. The zero-order valence-corrected chi connectivity index (χ0v) is 13.5. The fraction of sp³-hybridized carbons (Fsp3) is 0.333. The second-order valence-corrected chi connectivity index (χ2v) is 4.74. The molecule has 0 heterocycles. The number of anilines is 1. The maximum Gasteiger partial charge on any atom is 0.339 e. The molecule has 0 aliphatic heterocycles. The van der Waals surface area contributed by atoms with Gasteiger partial charge in [0.2, 0.25) is 0 Å². The number of amides is 2. The van der Waals surface area contributed by atoms with Crippen molar-refractivity contribution >= 4 is 29.6 Å². The van der Waals surface area contributed by atoms with Crippen LogP contribution in [0.15, 0.2) is 18.2 Å². The molecule has 1 rings (SSSR count). The Morgan fingerprint density at radius 2 is 1.75 bits per heavy atom. The second kappa shape index (κ2) is 8.51.